The standard InChI is InChI=1S/C8H17NO3/c1-8(2,3)6(5-11-4)12-7(9)10/h6H,5H2,1-4H3,(H2,9,10)/t6-/m1/s1. The summed E-state index contributed by atoms with van der Waals surface area (Å²) in [6.45, 7) is 6.24. The van der Waals surface area contributed by atoms with Crippen LogP contribution in [-0.4, -0.2) is 25.9 Å². The summed E-state index contributed by atoms with van der Waals surface area (Å²) in [5.74, 6) is 0. The number of hydrogen-bond acceptors (Lipinski definition) is 3. The van der Waals surface area contributed by atoms with Crippen LogP contribution in [0.3, 0.4) is 0 Å². The highest BCUT2D eigenvalue weighted by Gasteiger charge is 2.27. The summed E-state index contributed by atoms with van der Waals surface area (Å²) in [5.41, 5.74) is 4.76. The molecule has 12 heavy (non-hydrogen) atoms. The van der Waals surface area contributed by atoms with Crippen molar-refractivity contribution in [3.05, 3.63) is 0 Å². The van der Waals surface area contributed by atoms with Crippen molar-refractivity contribution < 1.29 is 14.3 Å². The Labute approximate surface area is 73.0 Å². The summed E-state index contributed by atoms with van der Waals surface area (Å²) in [7, 11) is 1.56. The van der Waals surface area contributed by atoms with Gasteiger partial charge in [0.25, 0.3) is 0 Å². The molecular weight excluding hydrogens is 158 g/mol. The van der Waals surface area contributed by atoms with Gasteiger partial charge in [0.05, 0.1) is 6.61 Å². The Kier molecular flexibility index (Phi) is 4.03. The highest BCUT2D eigenvalue weighted by molar-refractivity contribution is 5.64. The molecule has 0 saturated carbocycles. The molecule has 2 N–H and O–H groups in total. The van der Waals surface area contributed by atoms with Crippen molar-refractivity contribution in [2.24, 2.45) is 11.1 Å². The van der Waals surface area contributed by atoms with Crippen molar-refractivity contribution in [2.75, 3.05) is 13.7 Å². The van der Waals surface area contributed by atoms with E-state index in [1.807, 2.05) is 20.8 Å². The average Bonchev–Trinajstić information content (AvgIpc) is 1.83. The van der Waals surface area contributed by atoms with Crippen LogP contribution in [0.5, 0.6) is 0 Å². The van der Waals surface area contributed by atoms with Crippen molar-refractivity contribution >= 4 is 6.09 Å². The first-order chi connectivity index (χ1) is 5.38. The zero-order chi connectivity index (χ0) is 9.78. The van der Waals surface area contributed by atoms with Crippen LogP contribution in [0, 0.1) is 5.41 Å². The normalized spacial score (nSPS) is 14.0. The highest BCUT2D eigenvalue weighted by Crippen LogP contribution is 2.22. The summed E-state index contributed by atoms with van der Waals surface area (Å²) in [6.07, 6.45) is -1.05. The Morgan fingerprint density at radius 2 is 2.00 bits per heavy atom. The minimum absolute atomic E-state index is 0.148. The van der Waals surface area contributed by atoms with Gasteiger partial charge in [-0.15, -0.1) is 0 Å². The third-order valence-electron chi connectivity index (χ3n) is 1.54. The molecule has 4 nitrogen and oxygen atoms in total. The third-order valence-corrected chi connectivity index (χ3v) is 1.54. The van der Waals surface area contributed by atoms with Gasteiger partial charge in [-0.05, 0) is 0 Å². The molecule has 0 spiro atoms. The fourth-order valence-electron chi connectivity index (χ4n) is 0.752. The lowest BCUT2D eigenvalue weighted by atomic mass is 9.89. The zero-order valence-electron chi connectivity index (χ0n) is 8.09. The van der Waals surface area contributed by atoms with Crippen molar-refractivity contribution in [2.45, 2.75) is 26.9 Å². The number of primary amides is 1. The van der Waals surface area contributed by atoms with Crippen LogP contribution in [0.15, 0.2) is 0 Å². The Hall–Kier alpha value is -0.770. The maximum atomic E-state index is 10.5. The van der Waals surface area contributed by atoms with Crippen molar-refractivity contribution in [1.29, 1.82) is 0 Å². The van der Waals surface area contributed by atoms with Crippen molar-refractivity contribution in [1.82, 2.24) is 0 Å². The molecule has 1 atom stereocenters. The van der Waals surface area contributed by atoms with E-state index in [1.54, 1.807) is 7.11 Å². The molecule has 0 bridgehead atoms. The second kappa shape index (κ2) is 4.30. The van der Waals surface area contributed by atoms with E-state index >= 15 is 0 Å². The lowest BCUT2D eigenvalue weighted by molar-refractivity contribution is -0.0150. The number of hydrogen-bond donors (Lipinski definition) is 1. The van der Waals surface area contributed by atoms with Crippen LogP contribution in [0.1, 0.15) is 20.8 Å². The first-order valence-electron chi connectivity index (χ1n) is 3.83. The van der Waals surface area contributed by atoms with E-state index in [0.29, 0.717) is 6.61 Å². The molecule has 72 valence electrons. The summed E-state index contributed by atoms with van der Waals surface area (Å²) in [5, 5.41) is 0. The van der Waals surface area contributed by atoms with Gasteiger partial charge in [-0.25, -0.2) is 4.79 Å². The molecule has 4 heteroatoms. The molecule has 0 saturated heterocycles. The molecule has 0 aromatic rings. The molecule has 0 aliphatic rings. The topological polar surface area (TPSA) is 61.6 Å². The second-order valence-electron chi connectivity index (χ2n) is 3.75. The van der Waals surface area contributed by atoms with Crippen LogP contribution in [0.4, 0.5) is 4.79 Å². The summed E-state index contributed by atoms with van der Waals surface area (Å²) >= 11 is 0. The van der Waals surface area contributed by atoms with Crippen LogP contribution in [0.25, 0.3) is 0 Å². The zero-order valence-corrected chi connectivity index (χ0v) is 8.09. The van der Waals surface area contributed by atoms with Gasteiger partial charge < -0.3 is 15.2 Å². The lowest BCUT2D eigenvalue weighted by Gasteiger charge is -2.28. The summed E-state index contributed by atoms with van der Waals surface area (Å²) < 4.78 is 9.77. The van der Waals surface area contributed by atoms with E-state index in [1.165, 1.54) is 0 Å². The third kappa shape index (κ3) is 4.18. The Bertz CT molecular complexity index is 151. The molecule has 0 aliphatic carbocycles. The molecule has 0 aromatic carbocycles. The Morgan fingerprint density at radius 1 is 1.50 bits per heavy atom. The fourth-order valence-corrected chi connectivity index (χ4v) is 0.752. The molecule has 0 radical (unpaired) electrons. The van der Waals surface area contributed by atoms with Gasteiger partial charge in [0.2, 0.25) is 0 Å². The number of methoxy groups -OCH3 is 1. The summed E-state index contributed by atoms with van der Waals surface area (Å²) in [6, 6.07) is 0. The second-order valence-corrected chi connectivity index (χ2v) is 3.75. The average molecular weight is 175 g/mol. The van der Waals surface area contributed by atoms with Crippen LogP contribution < -0.4 is 5.73 Å². The maximum absolute atomic E-state index is 10.5. The number of nitrogens with two attached hydrogens (primary N) is 1. The molecular formula is C8H17NO3. The SMILES string of the molecule is COC[C@@H](OC(N)=O)C(C)(C)C. The minimum Gasteiger partial charge on any atom is -0.443 e. The van der Waals surface area contributed by atoms with E-state index in [-0.39, 0.29) is 11.5 Å². The van der Waals surface area contributed by atoms with Crippen molar-refractivity contribution in [3.8, 4) is 0 Å². The van der Waals surface area contributed by atoms with Gasteiger partial charge in [-0.3, -0.25) is 0 Å². The predicted octanol–water partition coefficient (Wildman–Crippen LogP) is 1.14. The van der Waals surface area contributed by atoms with Crippen LogP contribution in [-0.2, 0) is 9.47 Å². The van der Waals surface area contributed by atoms with E-state index in [0.717, 1.165) is 0 Å². The van der Waals surface area contributed by atoms with Crippen LogP contribution >= 0.6 is 0 Å². The van der Waals surface area contributed by atoms with Crippen molar-refractivity contribution in [3.63, 3.8) is 0 Å². The van der Waals surface area contributed by atoms with Gasteiger partial charge in [0.1, 0.15) is 6.10 Å². The first-order valence-corrected chi connectivity index (χ1v) is 3.83. The Morgan fingerprint density at radius 3 is 2.25 bits per heavy atom. The number of ether oxygens (including phenoxy) is 2. The number of amides is 1. The van der Waals surface area contributed by atoms with Crippen LogP contribution in [0.2, 0.25) is 0 Å². The molecule has 0 rings (SSSR count). The van der Waals surface area contributed by atoms with E-state index in [9.17, 15) is 4.79 Å². The fraction of sp³-hybridized carbons (Fsp3) is 0.875. The lowest BCUT2D eigenvalue weighted by Crippen LogP contribution is -2.37. The minimum atomic E-state index is -0.757. The number of rotatable bonds is 3. The van der Waals surface area contributed by atoms with E-state index in [2.05, 4.69) is 0 Å². The van der Waals surface area contributed by atoms with Gasteiger partial charge in [-0.2, -0.15) is 0 Å². The van der Waals surface area contributed by atoms with Gasteiger partial charge in [0.15, 0.2) is 0 Å². The largest absolute Gasteiger partial charge is 0.443 e. The maximum Gasteiger partial charge on any atom is 0.404 e. The van der Waals surface area contributed by atoms with Gasteiger partial charge in [-0.1, -0.05) is 20.8 Å². The van der Waals surface area contributed by atoms with E-state index in [4.69, 9.17) is 15.2 Å². The molecule has 0 heterocycles. The van der Waals surface area contributed by atoms with E-state index < -0.39 is 6.09 Å². The quantitative estimate of drug-likeness (QED) is 0.699. The van der Waals surface area contributed by atoms with Gasteiger partial charge >= 0.3 is 6.09 Å². The molecule has 0 fully saturated rings. The Balaban J connectivity index is 4.13. The molecule has 0 aliphatic heterocycles. The highest BCUT2D eigenvalue weighted by atomic mass is 16.6. The van der Waals surface area contributed by atoms with Gasteiger partial charge in [0, 0.05) is 12.5 Å². The number of carbonyl (C=O) groups excluding carboxylic acids is 1. The monoisotopic (exact) mass is 175 g/mol. The molecule has 0 unspecified atom stereocenters. The summed E-state index contributed by atoms with van der Waals surface area (Å²) in [4.78, 5) is 10.5. The smallest absolute Gasteiger partial charge is 0.404 e. The molecule has 0 aromatic heterocycles. The predicted molar refractivity (Wildman–Crippen MR) is 45.8 cm³/mol. The number of carbonyl (C=O) groups is 1. The first kappa shape index (κ1) is 11.2. The molecule has 1 amide bonds.